The van der Waals surface area contributed by atoms with Gasteiger partial charge in [-0.05, 0) is 62.0 Å². The molecule has 1 heterocycles. The summed E-state index contributed by atoms with van der Waals surface area (Å²) in [6, 6.07) is 5.01. The third-order valence-corrected chi connectivity index (χ3v) is 4.27. The van der Waals surface area contributed by atoms with Gasteiger partial charge in [0, 0.05) is 6.04 Å². The fraction of sp³-hybridized carbons (Fsp3) is 0.600. The summed E-state index contributed by atoms with van der Waals surface area (Å²) in [5.41, 5.74) is 2.87. The summed E-state index contributed by atoms with van der Waals surface area (Å²) < 4.78 is 10.8. The van der Waals surface area contributed by atoms with Crippen LogP contribution in [-0.2, 0) is 12.8 Å². The maximum atomic E-state index is 5.38. The molecule has 0 N–H and O–H groups in total. The van der Waals surface area contributed by atoms with Crippen LogP contribution in [0.25, 0.3) is 0 Å². The second-order valence-corrected chi connectivity index (χ2v) is 5.28. The number of methoxy groups -OCH3 is 2. The molecule has 3 nitrogen and oxygen atoms in total. The average Bonchev–Trinajstić information content (AvgIpc) is 3.04. The second kappa shape index (κ2) is 4.81. The van der Waals surface area contributed by atoms with Crippen LogP contribution < -0.4 is 9.47 Å². The van der Waals surface area contributed by atoms with Crippen LogP contribution in [0.5, 0.6) is 11.5 Å². The molecule has 0 atom stereocenters. The fourth-order valence-electron chi connectivity index (χ4n) is 3.29. The molecule has 0 bridgehead atoms. The van der Waals surface area contributed by atoms with Crippen molar-refractivity contribution in [2.45, 2.75) is 31.7 Å². The maximum Gasteiger partial charge on any atom is 0.161 e. The maximum absolute atomic E-state index is 5.38. The molecular weight excluding hydrogens is 226 g/mol. The van der Waals surface area contributed by atoms with E-state index >= 15 is 0 Å². The summed E-state index contributed by atoms with van der Waals surface area (Å²) in [6.07, 6.45) is 5.05. The van der Waals surface area contributed by atoms with Crippen LogP contribution in [-0.4, -0.2) is 38.3 Å². The summed E-state index contributed by atoms with van der Waals surface area (Å²) in [5, 5.41) is 0. The largest absolute Gasteiger partial charge is 0.493 e. The lowest BCUT2D eigenvalue weighted by molar-refractivity contribution is 0.250. The van der Waals surface area contributed by atoms with E-state index in [0.29, 0.717) is 6.04 Å². The van der Waals surface area contributed by atoms with Crippen LogP contribution in [0.3, 0.4) is 0 Å². The fourth-order valence-corrected chi connectivity index (χ4v) is 3.29. The van der Waals surface area contributed by atoms with Crippen molar-refractivity contribution < 1.29 is 9.47 Å². The van der Waals surface area contributed by atoms with Gasteiger partial charge in [-0.3, -0.25) is 4.90 Å². The Balaban J connectivity index is 1.83. The lowest BCUT2D eigenvalue weighted by atomic mass is 10.1. The molecule has 1 aliphatic heterocycles. The van der Waals surface area contributed by atoms with Crippen molar-refractivity contribution in [3.05, 3.63) is 23.3 Å². The minimum Gasteiger partial charge on any atom is -0.493 e. The molecule has 18 heavy (non-hydrogen) atoms. The van der Waals surface area contributed by atoms with Crippen LogP contribution >= 0.6 is 0 Å². The van der Waals surface area contributed by atoms with Gasteiger partial charge < -0.3 is 9.47 Å². The minimum absolute atomic E-state index is 0.694. The Hall–Kier alpha value is -1.22. The Morgan fingerprint density at radius 2 is 1.44 bits per heavy atom. The number of ether oxygens (including phenoxy) is 2. The molecule has 0 radical (unpaired) electrons. The predicted molar refractivity (Wildman–Crippen MR) is 71.5 cm³/mol. The number of benzene rings is 1. The third kappa shape index (κ3) is 1.97. The third-order valence-electron chi connectivity index (χ3n) is 4.27. The molecule has 0 aromatic heterocycles. The zero-order valence-electron chi connectivity index (χ0n) is 11.2. The van der Waals surface area contributed by atoms with Gasteiger partial charge in [0.1, 0.15) is 0 Å². The second-order valence-electron chi connectivity index (χ2n) is 5.28. The topological polar surface area (TPSA) is 21.7 Å². The molecule has 98 valence electrons. The first-order valence-corrected chi connectivity index (χ1v) is 6.79. The van der Waals surface area contributed by atoms with E-state index in [1.165, 1.54) is 37.1 Å². The smallest absolute Gasteiger partial charge is 0.161 e. The summed E-state index contributed by atoms with van der Waals surface area (Å²) >= 11 is 0. The summed E-state index contributed by atoms with van der Waals surface area (Å²) in [6.45, 7) is 2.54. The number of nitrogens with zero attached hydrogens (tertiary/aromatic N) is 1. The van der Waals surface area contributed by atoms with Crippen molar-refractivity contribution in [1.82, 2.24) is 4.90 Å². The summed E-state index contributed by atoms with van der Waals surface area (Å²) in [4.78, 5) is 2.64. The Labute approximate surface area is 109 Å². The molecule has 2 aliphatic rings. The van der Waals surface area contributed by atoms with Crippen LogP contribution in [0.1, 0.15) is 24.0 Å². The van der Waals surface area contributed by atoms with E-state index in [1.807, 2.05) is 0 Å². The van der Waals surface area contributed by atoms with Crippen molar-refractivity contribution in [3.8, 4) is 11.5 Å². The molecule has 0 spiro atoms. The van der Waals surface area contributed by atoms with E-state index in [9.17, 15) is 0 Å². The molecule has 1 fully saturated rings. The molecule has 3 heteroatoms. The van der Waals surface area contributed by atoms with Gasteiger partial charge in [0.15, 0.2) is 11.5 Å². The molecule has 0 unspecified atom stereocenters. The Bertz CT molecular complexity index is 405. The monoisotopic (exact) mass is 247 g/mol. The van der Waals surface area contributed by atoms with Crippen molar-refractivity contribution in [1.29, 1.82) is 0 Å². The van der Waals surface area contributed by atoms with Crippen molar-refractivity contribution in [2.24, 2.45) is 0 Å². The number of fused-ring (bicyclic) bond motifs is 1. The number of hydrogen-bond donors (Lipinski definition) is 0. The van der Waals surface area contributed by atoms with Crippen molar-refractivity contribution in [3.63, 3.8) is 0 Å². The van der Waals surface area contributed by atoms with Crippen LogP contribution in [0.2, 0.25) is 0 Å². The predicted octanol–water partition coefficient (Wildman–Crippen LogP) is 2.27. The molecular formula is C15H21NO2. The summed E-state index contributed by atoms with van der Waals surface area (Å²) in [5.74, 6) is 1.72. The number of likely N-dealkylation sites (tertiary alicyclic amines) is 1. The molecule has 0 amide bonds. The Morgan fingerprint density at radius 1 is 0.944 bits per heavy atom. The summed E-state index contributed by atoms with van der Waals surface area (Å²) in [7, 11) is 3.41. The molecule has 1 aromatic carbocycles. The van der Waals surface area contributed by atoms with E-state index < -0.39 is 0 Å². The van der Waals surface area contributed by atoms with E-state index in [2.05, 4.69) is 17.0 Å². The van der Waals surface area contributed by atoms with Gasteiger partial charge in [0.25, 0.3) is 0 Å². The highest BCUT2D eigenvalue weighted by molar-refractivity contribution is 5.49. The quantitative estimate of drug-likeness (QED) is 0.818. The zero-order valence-corrected chi connectivity index (χ0v) is 11.2. The van der Waals surface area contributed by atoms with Crippen LogP contribution in [0.15, 0.2) is 12.1 Å². The highest BCUT2D eigenvalue weighted by Crippen LogP contribution is 2.36. The van der Waals surface area contributed by atoms with E-state index in [0.717, 1.165) is 24.3 Å². The van der Waals surface area contributed by atoms with Gasteiger partial charge in [-0.25, -0.2) is 0 Å². The molecule has 0 saturated carbocycles. The van der Waals surface area contributed by atoms with Gasteiger partial charge in [0.2, 0.25) is 0 Å². The number of hydrogen-bond acceptors (Lipinski definition) is 3. The first-order valence-electron chi connectivity index (χ1n) is 6.79. The standard InChI is InChI=1S/C15H21NO2/c1-17-14-9-11-7-13(16-5-3-4-6-16)8-12(11)10-15(14)18-2/h9-10,13H,3-8H2,1-2H3. The van der Waals surface area contributed by atoms with E-state index in [4.69, 9.17) is 9.47 Å². The zero-order chi connectivity index (χ0) is 12.5. The van der Waals surface area contributed by atoms with E-state index in [-0.39, 0.29) is 0 Å². The molecule has 3 rings (SSSR count). The highest BCUT2D eigenvalue weighted by atomic mass is 16.5. The van der Waals surface area contributed by atoms with Crippen LogP contribution in [0, 0.1) is 0 Å². The van der Waals surface area contributed by atoms with Gasteiger partial charge in [-0.1, -0.05) is 0 Å². The van der Waals surface area contributed by atoms with Gasteiger partial charge in [-0.15, -0.1) is 0 Å². The lowest BCUT2D eigenvalue weighted by Crippen LogP contribution is -2.33. The van der Waals surface area contributed by atoms with Gasteiger partial charge in [0.05, 0.1) is 14.2 Å². The number of rotatable bonds is 3. The minimum atomic E-state index is 0.694. The normalized spacial score (nSPS) is 20.1. The Morgan fingerprint density at radius 3 is 1.89 bits per heavy atom. The highest BCUT2D eigenvalue weighted by Gasteiger charge is 2.29. The van der Waals surface area contributed by atoms with Gasteiger partial charge in [-0.2, -0.15) is 0 Å². The molecule has 1 aliphatic carbocycles. The van der Waals surface area contributed by atoms with Crippen LogP contribution in [0.4, 0.5) is 0 Å². The van der Waals surface area contributed by atoms with Crippen molar-refractivity contribution in [2.75, 3.05) is 27.3 Å². The molecule has 1 saturated heterocycles. The van der Waals surface area contributed by atoms with E-state index in [1.54, 1.807) is 14.2 Å². The van der Waals surface area contributed by atoms with Gasteiger partial charge >= 0.3 is 0 Å². The Kier molecular flexibility index (Phi) is 3.16. The molecule has 1 aromatic rings. The van der Waals surface area contributed by atoms with Crippen molar-refractivity contribution >= 4 is 0 Å². The lowest BCUT2D eigenvalue weighted by Gasteiger charge is -2.22. The first kappa shape index (κ1) is 11.8. The first-order chi connectivity index (χ1) is 8.81. The SMILES string of the molecule is COc1cc2c(cc1OC)CC(N1CCCC1)C2. The average molecular weight is 247 g/mol.